The van der Waals surface area contributed by atoms with Gasteiger partial charge in [0.25, 0.3) is 5.91 Å². The van der Waals surface area contributed by atoms with E-state index < -0.39 is 5.91 Å². The maximum Gasteiger partial charge on any atom is 0.259 e. The summed E-state index contributed by atoms with van der Waals surface area (Å²) in [5, 5.41) is 15.2. The van der Waals surface area contributed by atoms with Crippen molar-refractivity contribution in [2.45, 2.75) is 5.03 Å². The summed E-state index contributed by atoms with van der Waals surface area (Å²) >= 11 is 6.94. The molecule has 30 heavy (non-hydrogen) atoms. The number of hydrogen-bond acceptors (Lipinski definition) is 7. The lowest BCUT2D eigenvalue weighted by molar-refractivity contribution is -0.113. The van der Waals surface area contributed by atoms with Gasteiger partial charge in [-0.25, -0.2) is 9.97 Å². The van der Waals surface area contributed by atoms with Crippen LogP contribution in [-0.2, 0) is 4.79 Å². The molecule has 4 N–H and O–H groups in total. The second kappa shape index (κ2) is 9.73. The molecule has 0 atom stereocenters. The van der Waals surface area contributed by atoms with Gasteiger partial charge in [0, 0.05) is 11.9 Å². The number of hydrogen-bond donors (Lipinski definition) is 3. The highest BCUT2D eigenvalue weighted by Crippen LogP contribution is 2.25. The van der Waals surface area contributed by atoms with E-state index in [2.05, 4.69) is 20.6 Å². The number of nitrogens with one attached hydrogen (secondary N) is 2. The van der Waals surface area contributed by atoms with Crippen molar-refractivity contribution in [1.29, 1.82) is 5.26 Å². The second-order valence-electron chi connectivity index (χ2n) is 5.88. The Bertz CT molecular complexity index is 1130. The van der Waals surface area contributed by atoms with Crippen molar-refractivity contribution >= 4 is 52.4 Å². The lowest BCUT2D eigenvalue weighted by Crippen LogP contribution is -2.17. The van der Waals surface area contributed by atoms with E-state index in [-0.39, 0.29) is 38.8 Å². The molecule has 2 amide bonds. The van der Waals surface area contributed by atoms with E-state index in [1.54, 1.807) is 36.4 Å². The van der Waals surface area contributed by atoms with Gasteiger partial charge in [0.1, 0.15) is 16.9 Å². The molecular formula is C20H15ClN6O2S. The highest BCUT2D eigenvalue weighted by molar-refractivity contribution is 8.00. The SMILES string of the molecule is N#Cc1cc(C(=O)Nc2ccccc2)c(N)nc1SCC(=O)Nc1cccnc1Cl. The van der Waals surface area contributed by atoms with Gasteiger partial charge < -0.3 is 16.4 Å². The molecule has 0 aliphatic rings. The lowest BCUT2D eigenvalue weighted by Gasteiger charge is -2.10. The van der Waals surface area contributed by atoms with Crippen molar-refractivity contribution in [3.8, 4) is 6.07 Å². The number of nitrogens with zero attached hydrogens (tertiary/aromatic N) is 3. The number of benzene rings is 1. The van der Waals surface area contributed by atoms with Crippen LogP contribution in [0.4, 0.5) is 17.2 Å². The summed E-state index contributed by atoms with van der Waals surface area (Å²) in [7, 11) is 0. The number of amides is 2. The van der Waals surface area contributed by atoms with E-state index in [0.29, 0.717) is 11.4 Å². The summed E-state index contributed by atoms with van der Waals surface area (Å²) in [4.78, 5) is 32.7. The number of nitriles is 1. The molecule has 3 rings (SSSR count). The zero-order valence-corrected chi connectivity index (χ0v) is 17.0. The van der Waals surface area contributed by atoms with E-state index in [9.17, 15) is 14.9 Å². The summed E-state index contributed by atoms with van der Waals surface area (Å²) in [6, 6.07) is 15.4. The minimum atomic E-state index is -0.483. The number of thioether (sulfide) groups is 1. The molecule has 0 fully saturated rings. The van der Waals surface area contributed by atoms with Gasteiger partial charge in [0.2, 0.25) is 5.91 Å². The van der Waals surface area contributed by atoms with Gasteiger partial charge in [-0.15, -0.1) is 0 Å². The maximum absolute atomic E-state index is 12.5. The number of nitrogen functional groups attached to an aromatic ring is 1. The minimum absolute atomic E-state index is 0.0398. The Balaban J connectivity index is 1.71. The number of halogens is 1. The van der Waals surface area contributed by atoms with Gasteiger partial charge in [0.05, 0.1) is 22.6 Å². The van der Waals surface area contributed by atoms with Crippen LogP contribution in [0.25, 0.3) is 0 Å². The highest BCUT2D eigenvalue weighted by atomic mass is 35.5. The molecule has 1 aromatic carbocycles. The quantitative estimate of drug-likeness (QED) is 0.395. The molecule has 0 radical (unpaired) electrons. The molecule has 0 saturated carbocycles. The van der Waals surface area contributed by atoms with Crippen LogP contribution in [0.3, 0.4) is 0 Å². The van der Waals surface area contributed by atoms with Crippen molar-refractivity contribution in [2.24, 2.45) is 0 Å². The number of para-hydroxylation sites is 1. The molecule has 10 heteroatoms. The summed E-state index contributed by atoms with van der Waals surface area (Å²) in [5.41, 5.74) is 7.11. The first-order valence-corrected chi connectivity index (χ1v) is 9.94. The van der Waals surface area contributed by atoms with Gasteiger partial charge in [-0.05, 0) is 30.3 Å². The van der Waals surface area contributed by atoms with Gasteiger partial charge in [-0.2, -0.15) is 5.26 Å². The van der Waals surface area contributed by atoms with Gasteiger partial charge >= 0.3 is 0 Å². The van der Waals surface area contributed by atoms with E-state index in [0.717, 1.165) is 11.8 Å². The number of carbonyl (C=O) groups is 2. The highest BCUT2D eigenvalue weighted by Gasteiger charge is 2.17. The average Bonchev–Trinajstić information content (AvgIpc) is 2.74. The van der Waals surface area contributed by atoms with Crippen LogP contribution < -0.4 is 16.4 Å². The molecule has 150 valence electrons. The second-order valence-corrected chi connectivity index (χ2v) is 7.21. The fourth-order valence-electron chi connectivity index (χ4n) is 2.40. The van der Waals surface area contributed by atoms with Gasteiger partial charge in [-0.1, -0.05) is 41.6 Å². The van der Waals surface area contributed by atoms with Crippen LogP contribution in [0.1, 0.15) is 15.9 Å². The van der Waals surface area contributed by atoms with Crippen LogP contribution in [0.2, 0.25) is 5.15 Å². The van der Waals surface area contributed by atoms with Crippen LogP contribution >= 0.6 is 23.4 Å². The molecule has 3 aromatic rings. The Morgan fingerprint density at radius 3 is 2.63 bits per heavy atom. The zero-order valence-electron chi connectivity index (χ0n) is 15.4. The normalized spacial score (nSPS) is 10.1. The Kier molecular flexibility index (Phi) is 6.85. The van der Waals surface area contributed by atoms with Crippen molar-refractivity contribution in [2.75, 3.05) is 22.1 Å². The summed E-state index contributed by atoms with van der Waals surface area (Å²) in [6.07, 6.45) is 1.51. The van der Waals surface area contributed by atoms with Crippen molar-refractivity contribution in [3.63, 3.8) is 0 Å². The molecule has 0 aliphatic carbocycles. The summed E-state index contributed by atoms with van der Waals surface area (Å²) in [6.45, 7) is 0. The third kappa shape index (κ3) is 5.26. The number of aromatic nitrogens is 2. The molecule has 0 aliphatic heterocycles. The molecule has 0 spiro atoms. The Morgan fingerprint density at radius 2 is 1.93 bits per heavy atom. The number of carbonyl (C=O) groups excluding carboxylic acids is 2. The first-order valence-electron chi connectivity index (χ1n) is 8.58. The Hall–Kier alpha value is -3.61. The third-order valence-electron chi connectivity index (χ3n) is 3.79. The fraction of sp³-hybridized carbons (Fsp3) is 0.0500. The first kappa shape index (κ1) is 21.1. The fourth-order valence-corrected chi connectivity index (χ4v) is 3.33. The van der Waals surface area contributed by atoms with Crippen LogP contribution in [-0.4, -0.2) is 27.5 Å². The molecular weight excluding hydrogens is 424 g/mol. The third-order valence-corrected chi connectivity index (χ3v) is 5.08. The van der Waals surface area contributed by atoms with E-state index in [1.165, 1.54) is 12.3 Å². The topological polar surface area (TPSA) is 134 Å². The molecule has 8 nitrogen and oxygen atoms in total. The number of pyridine rings is 2. The first-order chi connectivity index (χ1) is 14.5. The van der Waals surface area contributed by atoms with E-state index in [1.807, 2.05) is 12.1 Å². The molecule has 0 unspecified atom stereocenters. The zero-order chi connectivity index (χ0) is 21.5. The number of anilines is 3. The Morgan fingerprint density at radius 1 is 1.17 bits per heavy atom. The van der Waals surface area contributed by atoms with Crippen LogP contribution in [0.15, 0.2) is 59.8 Å². The lowest BCUT2D eigenvalue weighted by atomic mass is 10.2. The molecule has 0 bridgehead atoms. The standard InChI is InChI=1S/C20H15ClN6O2S/c21-17-15(7-4-8-24-17)26-16(28)11-30-20-12(10-22)9-14(18(23)27-20)19(29)25-13-5-2-1-3-6-13/h1-9H,11H2,(H2,23,27)(H,25,29)(H,26,28). The van der Waals surface area contributed by atoms with Crippen LogP contribution in [0, 0.1) is 11.3 Å². The number of nitrogens with two attached hydrogens (primary N) is 1. The minimum Gasteiger partial charge on any atom is -0.383 e. The van der Waals surface area contributed by atoms with Crippen molar-refractivity contribution in [3.05, 3.63) is 71.0 Å². The summed E-state index contributed by atoms with van der Waals surface area (Å²) in [5.74, 6) is -0.920. The molecule has 2 heterocycles. The Labute approximate surface area is 181 Å². The maximum atomic E-state index is 12.5. The predicted molar refractivity (Wildman–Crippen MR) is 116 cm³/mol. The van der Waals surface area contributed by atoms with Crippen molar-refractivity contribution in [1.82, 2.24) is 9.97 Å². The predicted octanol–water partition coefficient (Wildman–Crippen LogP) is 3.57. The van der Waals surface area contributed by atoms with Crippen LogP contribution in [0.5, 0.6) is 0 Å². The average molecular weight is 439 g/mol. The van der Waals surface area contributed by atoms with E-state index in [4.69, 9.17) is 17.3 Å². The molecule has 0 saturated heterocycles. The molecule has 2 aromatic heterocycles. The smallest absolute Gasteiger partial charge is 0.259 e. The summed E-state index contributed by atoms with van der Waals surface area (Å²) < 4.78 is 0. The largest absolute Gasteiger partial charge is 0.383 e. The number of rotatable bonds is 6. The monoisotopic (exact) mass is 438 g/mol. The van der Waals surface area contributed by atoms with E-state index >= 15 is 0 Å². The van der Waals surface area contributed by atoms with Crippen molar-refractivity contribution < 1.29 is 9.59 Å². The van der Waals surface area contributed by atoms with Gasteiger partial charge in [0.15, 0.2) is 5.15 Å². The van der Waals surface area contributed by atoms with Gasteiger partial charge in [-0.3, -0.25) is 9.59 Å².